The Kier molecular flexibility index (Phi) is 6.30. The Morgan fingerprint density at radius 3 is 2.50 bits per heavy atom. The molecule has 1 unspecified atom stereocenters. The number of alkyl halides is 1. The lowest BCUT2D eigenvalue weighted by molar-refractivity contribution is -0.118. The van der Waals surface area contributed by atoms with Crippen LogP contribution >= 0.6 is 15.9 Å². The number of hydrogen-bond donors (Lipinski definition) is 0. The van der Waals surface area contributed by atoms with E-state index < -0.39 is 0 Å². The first kappa shape index (κ1) is 14.5. The fourth-order valence-corrected chi connectivity index (χ4v) is 3.01. The summed E-state index contributed by atoms with van der Waals surface area (Å²) in [6.45, 7) is 7.95. The van der Waals surface area contributed by atoms with E-state index in [1.807, 2.05) is 6.92 Å². The smallest absolute Gasteiger partial charge is 0.0788 e. The predicted octanol–water partition coefficient (Wildman–Crippen LogP) is 3.77. The van der Waals surface area contributed by atoms with E-state index >= 15 is 0 Å². The van der Waals surface area contributed by atoms with Crippen molar-refractivity contribution in [2.45, 2.75) is 58.2 Å². The highest BCUT2D eigenvalue weighted by atomic mass is 79.9. The Bertz CT molecular complexity index is 188. The Labute approximate surface area is 108 Å². The van der Waals surface area contributed by atoms with Crippen molar-refractivity contribution < 1.29 is 9.47 Å². The van der Waals surface area contributed by atoms with Crippen LogP contribution in [-0.4, -0.2) is 30.2 Å². The molecule has 1 rings (SSSR count). The zero-order valence-electron chi connectivity index (χ0n) is 10.8. The Morgan fingerprint density at radius 2 is 2.00 bits per heavy atom. The maximum atomic E-state index is 6.21. The van der Waals surface area contributed by atoms with Crippen LogP contribution in [0.5, 0.6) is 0 Å². The SMILES string of the molecule is CCOCC(C)OC1(CBr)CCC(C)CC1. The molecular weight excluding hydrogens is 268 g/mol. The Morgan fingerprint density at radius 1 is 1.38 bits per heavy atom. The van der Waals surface area contributed by atoms with Gasteiger partial charge in [0, 0.05) is 11.9 Å². The van der Waals surface area contributed by atoms with Crippen LogP contribution < -0.4 is 0 Å². The third-order valence-corrected chi connectivity index (χ3v) is 4.46. The molecule has 0 aromatic carbocycles. The average Bonchev–Trinajstić information content (AvgIpc) is 2.30. The molecule has 0 aromatic heterocycles. The summed E-state index contributed by atoms with van der Waals surface area (Å²) in [4.78, 5) is 0. The molecule has 0 bridgehead atoms. The minimum Gasteiger partial charge on any atom is -0.379 e. The van der Waals surface area contributed by atoms with Crippen molar-refractivity contribution in [2.24, 2.45) is 5.92 Å². The lowest BCUT2D eigenvalue weighted by Crippen LogP contribution is -2.42. The molecule has 0 aromatic rings. The number of halogens is 1. The molecule has 0 spiro atoms. The van der Waals surface area contributed by atoms with Gasteiger partial charge in [-0.25, -0.2) is 0 Å². The van der Waals surface area contributed by atoms with Crippen LogP contribution in [0.4, 0.5) is 0 Å². The molecule has 1 aliphatic carbocycles. The minimum atomic E-state index is 0.0586. The molecule has 3 heteroatoms. The summed E-state index contributed by atoms with van der Waals surface area (Å²) in [6, 6.07) is 0. The molecule has 0 heterocycles. The summed E-state index contributed by atoms with van der Waals surface area (Å²) in [5.41, 5.74) is 0.0586. The van der Waals surface area contributed by atoms with E-state index in [-0.39, 0.29) is 11.7 Å². The predicted molar refractivity (Wildman–Crippen MR) is 71.2 cm³/mol. The first-order valence-corrected chi connectivity index (χ1v) is 7.55. The van der Waals surface area contributed by atoms with Gasteiger partial charge in [-0.2, -0.15) is 0 Å². The largest absolute Gasteiger partial charge is 0.379 e. The summed E-state index contributed by atoms with van der Waals surface area (Å²) in [7, 11) is 0. The molecule has 16 heavy (non-hydrogen) atoms. The lowest BCUT2D eigenvalue weighted by Gasteiger charge is -2.40. The quantitative estimate of drug-likeness (QED) is 0.694. The zero-order valence-corrected chi connectivity index (χ0v) is 12.4. The second kappa shape index (κ2) is 6.97. The van der Waals surface area contributed by atoms with Crippen LogP contribution in [0.25, 0.3) is 0 Å². The molecule has 1 saturated carbocycles. The van der Waals surface area contributed by atoms with Gasteiger partial charge in [0.05, 0.1) is 18.3 Å². The summed E-state index contributed by atoms with van der Waals surface area (Å²) in [5, 5.41) is 0.948. The van der Waals surface area contributed by atoms with Crippen molar-refractivity contribution in [1.82, 2.24) is 0 Å². The van der Waals surface area contributed by atoms with Gasteiger partial charge < -0.3 is 9.47 Å². The van der Waals surface area contributed by atoms with E-state index in [1.165, 1.54) is 25.7 Å². The molecule has 0 saturated heterocycles. The number of ether oxygens (including phenoxy) is 2. The van der Waals surface area contributed by atoms with Crippen molar-refractivity contribution in [3.63, 3.8) is 0 Å². The Hall–Kier alpha value is 0.400. The fourth-order valence-electron chi connectivity index (χ4n) is 2.32. The minimum absolute atomic E-state index is 0.0586. The molecule has 1 atom stereocenters. The number of hydrogen-bond acceptors (Lipinski definition) is 2. The molecule has 96 valence electrons. The van der Waals surface area contributed by atoms with E-state index in [0.29, 0.717) is 6.61 Å². The molecule has 0 N–H and O–H groups in total. The number of rotatable bonds is 6. The van der Waals surface area contributed by atoms with Crippen LogP contribution in [0.15, 0.2) is 0 Å². The van der Waals surface area contributed by atoms with Crippen LogP contribution in [-0.2, 0) is 9.47 Å². The standard InChI is InChI=1S/C13H25BrO2/c1-4-15-9-12(3)16-13(10-14)7-5-11(2)6-8-13/h11-12H,4-10H2,1-3H3. The average molecular weight is 293 g/mol. The highest BCUT2D eigenvalue weighted by molar-refractivity contribution is 9.09. The van der Waals surface area contributed by atoms with Crippen LogP contribution in [0, 0.1) is 5.92 Å². The van der Waals surface area contributed by atoms with Crippen molar-refractivity contribution in [2.75, 3.05) is 18.5 Å². The van der Waals surface area contributed by atoms with E-state index in [4.69, 9.17) is 9.47 Å². The van der Waals surface area contributed by atoms with E-state index in [0.717, 1.165) is 17.9 Å². The van der Waals surface area contributed by atoms with E-state index in [2.05, 4.69) is 29.8 Å². The molecular formula is C13H25BrO2. The lowest BCUT2D eigenvalue weighted by atomic mass is 9.80. The fraction of sp³-hybridized carbons (Fsp3) is 1.00. The third-order valence-electron chi connectivity index (χ3n) is 3.44. The highest BCUT2D eigenvalue weighted by Gasteiger charge is 2.35. The summed E-state index contributed by atoms with van der Waals surface area (Å²) < 4.78 is 11.6. The normalized spacial score (nSPS) is 32.6. The van der Waals surface area contributed by atoms with Crippen molar-refractivity contribution in [3.8, 4) is 0 Å². The van der Waals surface area contributed by atoms with Gasteiger partial charge in [-0.1, -0.05) is 22.9 Å². The van der Waals surface area contributed by atoms with Gasteiger partial charge in [-0.15, -0.1) is 0 Å². The summed E-state index contributed by atoms with van der Waals surface area (Å²) in [5.74, 6) is 0.859. The third kappa shape index (κ3) is 4.34. The van der Waals surface area contributed by atoms with Crippen molar-refractivity contribution in [1.29, 1.82) is 0 Å². The van der Waals surface area contributed by atoms with Gasteiger partial charge in [-0.3, -0.25) is 0 Å². The second-order valence-electron chi connectivity index (χ2n) is 5.09. The van der Waals surface area contributed by atoms with Gasteiger partial charge in [0.2, 0.25) is 0 Å². The van der Waals surface area contributed by atoms with Crippen LogP contribution in [0.2, 0.25) is 0 Å². The molecule has 0 radical (unpaired) electrons. The summed E-state index contributed by atoms with van der Waals surface area (Å²) in [6.07, 6.45) is 5.12. The Balaban J connectivity index is 2.40. The van der Waals surface area contributed by atoms with Crippen LogP contribution in [0.1, 0.15) is 46.5 Å². The monoisotopic (exact) mass is 292 g/mol. The van der Waals surface area contributed by atoms with Gasteiger partial charge in [0.25, 0.3) is 0 Å². The molecule has 1 fully saturated rings. The van der Waals surface area contributed by atoms with Gasteiger partial charge >= 0.3 is 0 Å². The van der Waals surface area contributed by atoms with E-state index in [9.17, 15) is 0 Å². The van der Waals surface area contributed by atoms with E-state index in [1.54, 1.807) is 0 Å². The van der Waals surface area contributed by atoms with Gasteiger partial charge in [-0.05, 0) is 45.4 Å². The first-order chi connectivity index (χ1) is 7.62. The van der Waals surface area contributed by atoms with Gasteiger partial charge in [0.15, 0.2) is 0 Å². The molecule has 1 aliphatic rings. The first-order valence-electron chi connectivity index (χ1n) is 6.43. The zero-order chi connectivity index (χ0) is 12.0. The highest BCUT2D eigenvalue weighted by Crippen LogP contribution is 2.36. The molecule has 0 amide bonds. The molecule has 0 aliphatic heterocycles. The topological polar surface area (TPSA) is 18.5 Å². The second-order valence-corrected chi connectivity index (χ2v) is 5.65. The van der Waals surface area contributed by atoms with Crippen molar-refractivity contribution >= 4 is 15.9 Å². The molecule has 2 nitrogen and oxygen atoms in total. The van der Waals surface area contributed by atoms with Gasteiger partial charge in [0.1, 0.15) is 0 Å². The maximum Gasteiger partial charge on any atom is 0.0788 e. The summed E-state index contributed by atoms with van der Waals surface area (Å²) >= 11 is 3.62. The maximum absolute atomic E-state index is 6.21. The van der Waals surface area contributed by atoms with Crippen molar-refractivity contribution in [3.05, 3.63) is 0 Å². The van der Waals surface area contributed by atoms with Crippen LogP contribution in [0.3, 0.4) is 0 Å².